The quantitative estimate of drug-likeness (QED) is 0.484. The summed E-state index contributed by atoms with van der Waals surface area (Å²) >= 11 is 6.23. The third-order valence-electron chi connectivity index (χ3n) is 4.31. The van der Waals surface area contributed by atoms with E-state index in [1.165, 1.54) is 12.1 Å². The summed E-state index contributed by atoms with van der Waals surface area (Å²) in [7, 11) is 0. The number of hydrogen-bond donors (Lipinski definition) is 1. The van der Waals surface area contributed by atoms with Crippen molar-refractivity contribution < 1.29 is 4.92 Å². The van der Waals surface area contributed by atoms with Crippen molar-refractivity contribution in [2.45, 2.75) is 0 Å². The second-order valence-electron chi connectivity index (χ2n) is 6.03. The summed E-state index contributed by atoms with van der Waals surface area (Å²) in [5.74, 6) is 0. The molecule has 0 aromatic heterocycles. The molecule has 0 aliphatic carbocycles. The Morgan fingerprint density at radius 2 is 1.67 bits per heavy atom. The van der Waals surface area contributed by atoms with Crippen LogP contribution in [0.1, 0.15) is 16.7 Å². The minimum absolute atomic E-state index is 0.0447. The van der Waals surface area contributed by atoms with Crippen molar-refractivity contribution in [3.05, 3.63) is 111 Å². The maximum Gasteiger partial charge on any atom is 0.269 e. The Morgan fingerprint density at radius 3 is 2.37 bits per heavy atom. The van der Waals surface area contributed by atoms with Crippen LogP contribution in [-0.2, 0) is 0 Å². The number of hydrogen-bond acceptors (Lipinski definition) is 4. The second-order valence-corrected chi connectivity index (χ2v) is 6.46. The number of rotatable bonds is 3. The number of nitrogens with one attached hydrogen (secondary N) is 1. The van der Waals surface area contributed by atoms with Crippen molar-refractivity contribution in [1.29, 1.82) is 0 Å². The molecular formula is C21H14ClN3O2. The van der Waals surface area contributed by atoms with E-state index >= 15 is 0 Å². The van der Waals surface area contributed by atoms with Gasteiger partial charge in [-0.25, -0.2) is 0 Å². The Balaban J connectivity index is 1.86. The maximum atomic E-state index is 10.9. The summed E-state index contributed by atoms with van der Waals surface area (Å²) in [6, 6.07) is 21.9. The van der Waals surface area contributed by atoms with Gasteiger partial charge in [-0.15, -0.1) is 0 Å². The van der Waals surface area contributed by atoms with E-state index < -0.39 is 4.92 Å². The van der Waals surface area contributed by atoms with E-state index in [0.717, 1.165) is 28.0 Å². The Morgan fingerprint density at radius 1 is 0.926 bits per heavy atom. The van der Waals surface area contributed by atoms with Gasteiger partial charge >= 0.3 is 0 Å². The van der Waals surface area contributed by atoms with Gasteiger partial charge in [-0.3, -0.25) is 15.5 Å². The molecule has 0 atom stereocenters. The Kier molecular flexibility index (Phi) is 4.44. The largest absolute Gasteiger partial charge is 0.277 e. The van der Waals surface area contributed by atoms with Crippen molar-refractivity contribution in [2.24, 2.45) is 5.10 Å². The van der Waals surface area contributed by atoms with Crippen LogP contribution in [0.15, 0.2) is 84.0 Å². The van der Waals surface area contributed by atoms with E-state index in [0.29, 0.717) is 10.7 Å². The normalized spacial score (nSPS) is 12.9. The number of halogens is 1. The lowest BCUT2D eigenvalue weighted by atomic mass is 9.94. The average molecular weight is 376 g/mol. The zero-order chi connectivity index (χ0) is 18.8. The minimum Gasteiger partial charge on any atom is -0.277 e. The number of allylic oxidation sites excluding steroid dienone is 1. The molecule has 3 aromatic rings. The van der Waals surface area contributed by atoms with Gasteiger partial charge in [0.2, 0.25) is 0 Å². The SMILES string of the molecule is O=[N+]([O-])c1ccc(C2=NNc3ccc(Cl)cc3C(c3ccccc3)=C2)cc1. The topological polar surface area (TPSA) is 67.5 Å². The number of non-ortho nitro benzene ring substituents is 1. The first kappa shape index (κ1) is 17.0. The van der Waals surface area contributed by atoms with Crippen molar-refractivity contribution in [3.8, 4) is 0 Å². The molecular weight excluding hydrogens is 362 g/mol. The lowest BCUT2D eigenvalue weighted by Gasteiger charge is -2.11. The summed E-state index contributed by atoms with van der Waals surface area (Å²) < 4.78 is 0. The zero-order valence-electron chi connectivity index (χ0n) is 14.1. The van der Waals surface area contributed by atoms with Crippen LogP contribution in [0.3, 0.4) is 0 Å². The molecule has 0 radical (unpaired) electrons. The number of anilines is 1. The van der Waals surface area contributed by atoms with E-state index in [2.05, 4.69) is 10.5 Å². The molecule has 27 heavy (non-hydrogen) atoms. The van der Waals surface area contributed by atoms with E-state index in [9.17, 15) is 10.1 Å². The van der Waals surface area contributed by atoms with Crippen LogP contribution in [0.5, 0.6) is 0 Å². The number of nitro groups is 1. The van der Waals surface area contributed by atoms with Crippen molar-refractivity contribution >= 4 is 34.3 Å². The summed E-state index contributed by atoms with van der Waals surface area (Å²) in [6.45, 7) is 0. The number of nitro benzene ring substituents is 1. The van der Waals surface area contributed by atoms with Crippen LogP contribution < -0.4 is 5.43 Å². The number of fused-ring (bicyclic) bond motifs is 1. The molecule has 0 bridgehead atoms. The number of nitrogens with zero attached hydrogens (tertiary/aromatic N) is 2. The molecule has 0 spiro atoms. The highest BCUT2D eigenvalue weighted by atomic mass is 35.5. The zero-order valence-corrected chi connectivity index (χ0v) is 14.9. The molecule has 132 valence electrons. The van der Waals surface area contributed by atoms with Crippen LogP contribution >= 0.6 is 11.6 Å². The predicted octanol–water partition coefficient (Wildman–Crippen LogP) is 5.51. The summed E-state index contributed by atoms with van der Waals surface area (Å²) in [6.07, 6.45) is 1.96. The highest BCUT2D eigenvalue weighted by Crippen LogP contribution is 2.34. The molecule has 5 nitrogen and oxygen atoms in total. The molecule has 4 rings (SSSR count). The summed E-state index contributed by atoms with van der Waals surface area (Å²) in [5.41, 5.74) is 8.35. The molecule has 0 amide bonds. The van der Waals surface area contributed by atoms with Crippen LogP contribution in [0, 0.1) is 10.1 Å². The Bertz CT molecular complexity index is 1070. The highest BCUT2D eigenvalue weighted by Gasteiger charge is 2.16. The first-order chi connectivity index (χ1) is 13.1. The minimum atomic E-state index is -0.417. The molecule has 0 saturated carbocycles. The third-order valence-corrected chi connectivity index (χ3v) is 4.54. The summed E-state index contributed by atoms with van der Waals surface area (Å²) in [4.78, 5) is 10.5. The van der Waals surface area contributed by atoms with Gasteiger partial charge in [0.1, 0.15) is 0 Å². The van der Waals surface area contributed by atoms with Gasteiger partial charge in [-0.1, -0.05) is 41.9 Å². The van der Waals surface area contributed by atoms with Crippen LogP contribution in [0.25, 0.3) is 5.57 Å². The lowest BCUT2D eigenvalue weighted by Crippen LogP contribution is -2.00. The average Bonchev–Trinajstić information content (AvgIpc) is 2.88. The fourth-order valence-corrected chi connectivity index (χ4v) is 3.13. The van der Waals surface area contributed by atoms with E-state index in [-0.39, 0.29) is 5.69 Å². The smallest absolute Gasteiger partial charge is 0.269 e. The molecule has 0 fully saturated rings. The Hall–Kier alpha value is -3.44. The van der Waals surface area contributed by atoms with E-state index in [1.807, 2.05) is 54.6 Å². The molecule has 3 aromatic carbocycles. The fourth-order valence-electron chi connectivity index (χ4n) is 2.96. The molecule has 1 heterocycles. The monoisotopic (exact) mass is 375 g/mol. The first-order valence-corrected chi connectivity index (χ1v) is 8.65. The highest BCUT2D eigenvalue weighted by molar-refractivity contribution is 6.31. The van der Waals surface area contributed by atoms with Gasteiger partial charge in [0, 0.05) is 28.3 Å². The van der Waals surface area contributed by atoms with Gasteiger partial charge in [0.05, 0.1) is 16.3 Å². The summed E-state index contributed by atoms with van der Waals surface area (Å²) in [5, 5.41) is 16.0. The van der Waals surface area contributed by atoms with Gasteiger partial charge in [-0.2, -0.15) is 5.10 Å². The van der Waals surface area contributed by atoms with Crippen LogP contribution in [0.4, 0.5) is 11.4 Å². The van der Waals surface area contributed by atoms with Crippen molar-refractivity contribution in [2.75, 3.05) is 5.43 Å². The third kappa shape index (κ3) is 3.45. The van der Waals surface area contributed by atoms with Gasteiger partial charge in [-0.05, 0) is 47.5 Å². The standard InChI is InChI=1S/C21H14ClN3O2/c22-16-8-11-20-19(12-16)18(14-4-2-1-3-5-14)13-21(24-23-20)15-6-9-17(10-7-15)25(26)27/h1-13,23H. The molecule has 0 unspecified atom stereocenters. The molecule has 1 N–H and O–H groups in total. The van der Waals surface area contributed by atoms with Gasteiger partial charge < -0.3 is 0 Å². The van der Waals surface area contributed by atoms with Crippen molar-refractivity contribution in [1.82, 2.24) is 0 Å². The molecule has 1 aliphatic rings. The van der Waals surface area contributed by atoms with Gasteiger partial charge in [0.15, 0.2) is 0 Å². The van der Waals surface area contributed by atoms with Crippen LogP contribution in [0.2, 0.25) is 5.02 Å². The first-order valence-electron chi connectivity index (χ1n) is 8.27. The lowest BCUT2D eigenvalue weighted by molar-refractivity contribution is -0.384. The Labute approximate surface area is 160 Å². The van der Waals surface area contributed by atoms with Crippen molar-refractivity contribution in [3.63, 3.8) is 0 Å². The maximum absolute atomic E-state index is 10.9. The molecule has 6 heteroatoms. The number of benzene rings is 3. The number of hydrazone groups is 1. The second kappa shape index (κ2) is 7.05. The molecule has 0 saturated heterocycles. The van der Waals surface area contributed by atoms with E-state index in [4.69, 9.17) is 11.6 Å². The van der Waals surface area contributed by atoms with E-state index in [1.54, 1.807) is 12.1 Å². The van der Waals surface area contributed by atoms with Gasteiger partial charge in [0.25, 0.3) is 5.69 Å². The molecule has 1 aliphatic heterocycles. The fraction of sp³-hybridized carbons (Fsp3) is 0. The van der Waals surface area contributed by atoms with Crippen LogP contribution in [-0.4, -0.2) is 10.6 Å². The predicted molar refractivity (Wildman–Crippen MR) is 108 cm³/mol.